The van der Waals surface area contributed by atoms with Gasteiger partial charge in [-0.1, -0.05) is 0 Å². The second-order valence-corrected chi connectivity index (χ2v) is 2.54. The third-order valence-corrected chi connectivity index (χ3v) is 1.36. The van der Waals surface area contributed by atoms with Gasteiger partial charge < -0.3 is 4.74 Å². The van der Waals surface area contributed by atoms with Gasteiger partial charge in [-0.2, -0.15) is 0 Å². The van der Waals surface area contributed by atoms with Crippen LogP contribution in [0.25, 0.3) is 0 Å². The summed E-state index contributed by atoms with van der Waals surface area (Å²) in [5.74, 6) is -0.708. The summed E-state index contributed by atoms with van der Waals surface area (Å²) in [5.41, 5.74) is 0. The van der Waals surface area contributed by atoms with E-state index in [1.54, 1.807) is 0 Å². The number of carbonyl (C=O) groups is 1. The lowest BCUT2D eigenvalue weighted by Gasteiger charge is -1.99. The summed E-state index contributed by atoms with van der Waals surface area (Å²) in [6.07, 6.45) is -0.210. The van der Waals surface area contributed by atoms with Crippen molar-refractivity contribution in [2.75, 3.05) is 7.11 Å². The minimum atomic E-state index is -1.82. The molecule has 0 radical (unpaired) electrons. The number of carbonyl (C=O) groups excluding carboxylic acids is 1. The zero-order valence-electron chi connectivity index (χ0n) is 5.76. The highest BCUT2D eigenvalue weighted by Gasteiger charge is 2.12. The van der Waals surface area contributed by atoms with Crippen LogP contribution >= 0.6 is 15.9 Å². The first-order valence-electron chi connectivity index (χ1n) is 2.76. The van der Waals surface area contributed by atoms with Crippen LogP contribution in [0.1, 0.15) is 0 Å². The Morgan fingerprint density at radius 1 is 1.64 bits per heavy atom. The average Bonchev–Trinajstić information content (AvgIpc) is 1.99. The monoisotopic (exact) mass is 228 g/mol. The van der Waals surface area contributed by atoms with E-state index in [1.165, 1.54) is 0 Å². The van der Waals surface area contributed by atoms with Crippen LogP contribution in [-0.4, -0.2) is 24.3 Å². The van der Waals surface area contributed by atoms with Gasteiger partial charge in [0.1, 0.15) is 0 Å². The van der Waals surface area contributed by atoms with Crippen LogP contribution in [0.3, 0.4) is 0 Å². The van der Waals surface area contributed by atoms with Crippen LogP contribution in [-0.2, 0) is 9.53 Å². The lowest BCUT2D eigenvalue weighted by molar-refractivity contribution is -0.134. The van der Waals surface area contributed by atoms with Crippen LogP contribution in [0, 0.1) is 0 Å². The molecule has 5 heteroatoms. The van der Waals surface area contributed by atoms with Crippen LogP contribution < -0.4 is 0 Å². The van der Waals surface area contributed by atoms with Crippen molar-refractivity contribution in [3.8, 4) is 0 Å². The fraction of sp³-hybridized carbons (Fsp3) is 0.500. The molecule has 64 valence electrons. The summed E-state index contributed by atoms with van der Waals surface area (Å²) in [4.78, 5) is 10.3. The Balaban J connectivity index is 3.82. The number of halogens is 3. The highest BCUT2D eigenvalue weighted by atomic mass is 79.9. The number of esters is 1. The Morgan fingerprint density at radius 2 is 2.18 bits per heavy atom. The molecule has 0 aliphatic rings. The smallest absolute Gasteiger partial charge is 0.330 e. The van der Waals surface area contributed by atoms with Gasteiger partial charge in [0, 0.05) is 6.08 Å². The Kier molecular flexibility index (Phi) is 5.02. The van der Waals surface area contributed by atoms with Crippen molar-refractivity contribution < 1.29 is 18.3 Å². The van der Waals surface area contributed by atoms with Crippen LogP contribution in [0.2, 0.25) is 0 Å². The summed E-state index contributed by atoms with van der Waals surface area (Å²) in [7, 11) is 1.15. The number of rotatable bonds is 3. The molecule has 0 amide bonds. The first kappa shape index (κ1) is 10.6. The van der Waals surface area contributed by atoms with E-state index >= 15 is 0 Å². The topological polar surface area (TPSA) is 26.3 Å². The van der Waals surface area contributed by atoms with Gasteiger partial charge in [0.05, 0.1) is 7.11 Å². The number of ether oxygens (including phenoxy) is 1. The lowest BCUT2D eigenvalue weighted by atomic mass is 10.4. The Bertz CT molecular complexity index is 159. The van der Waals surface area contributed by atoms with E-state index < -0.39 is 17.2 Å². The summed E-state index contributed by atoms with van der Waals surface area (Å²) in [6.45, 7) is 0. The third kappa shape index (κ3) is 4.89. The molecule has 0 aliphatic heterocycles. The first-order chi connectivity index (χ1) is 5.07. The first-order valence-corrected chi connectivity index (χ1v) is 3.68. The normalized spacial score (nSPS) is 16.4. The lowest BCUT2D eigenvalue weighted by Crippen LogP contribution is -2.07. The van der Waals surface area contributed by atoms with E-state index in [4.69, 9.17) is 0 Å². The van der Waals surface area contributed by atoms with E-state index in [0.717, 1.165) is 19.3 Å². The minimum Gasteiger partial charge on any atom is -0.466 e. The maximum Gasteiger partial charge on any atom is 0.330 e. The molecule has 0 N–H and O–H groups in total. The maximum absolute atomic E-state index is 12.3. The SMILES string of the molecule is COC(=O)/C=C/C(F)C(F)Br. The van der Waals surface area contributed by atoms with Crippen molar-refractivity contribution in [3.05, 3.63) is 12.2 Å². The molecule has 0 aliphatic carbocycles. The van der Waals surface area contributed by atoms with Crippen LogP contribution in [0.4, 0.5) is 8.78 Å². The van der Waals surface area contributed by atoms with Crippen molar-refractivity contribution in [3.63, 3.8) is 0 Å². The van der Waals surface area contributed by atoms with Gasteiger partial charge in [-0.25, -0.2) is 13.6 Å². The summed E-state index contributed by atoms with van der Waals surface area (Å²) < 4.78 is 28.4. The number of allylic oxidation sites excluding steroid dienone is 1. The highest BCUT2D eigenvalue weighted by molar-refractivity contribution is 9.09. The Morgan fingerprint density at radius 3 is 2.55 bits per heavy atom. The number of hydrogen-bond acceptors (Lipinski definition) is 2. The zero-order valence-corrected chi connectivity index (χ0v) is 7.35. The quantitative estimate of drug-likeness (QED) is 0.418. The van der Waals surface area contributed by atoms with E-state index in [1.807, 2.05) is 0 Å². The van der Waals surface area contributed by atoms with Crippen molar-refractivity contribution in [2.45, 2.75) is 11.3 Å². The van der Waals surface area contributed by atoms with E-state index in [9.17, 15) is 13.6 Å². The molecule has 0 saturated carbocycles. The number of hydrogen-bond donors (Lipinski definition) is 0. The van der Waals surface area contributed by atoms with Crippen LogP contribution in [0.5, 0.6) is 0 Å². The molecule has 0 aromatic heterocycles. The van der Waals surface area contributed by atoms with Crippen molar-refractivity contribution >= 4 is 21.9 Å². The summed E-state index contributed by atoms with van der Waals surface area (Å²) >= 11 is 2.37. The standard InChI is InChI=1S/C6H7BrF2O2/c1-11-5(10)3-2-4(8)6(7)9/h2-4,6H,1H3/b3-2+. The van der Waals surface area contributed by atoms with Gasteiger partial charge in [-0.3, -0.25) is 0 Å². The maximum atomic E-state index is 12.3. The van der Waals surface area contributed by atoms with Crippen molar-refractivity contribution in [1.29, 1.82) is 0 Å². The van der Waals surface area contributed by atoms with Crippen molar-refractivity contribution in [1.82, 2.24) is 0 Å². The average molecular weight is 229 g/mol. The summed E-state index contributed by atoms with van der Waals surface area (Å²) in [5, 5.41) is -1.79. The summed E-state index contributed by atoms with van der Waals surface area (Å²) in [6, 6.07) is 0. The molecule has 0 spiro atoms. The van der Waals surface area contributed by atoms with Crippen molar-refractivity contribution in [2.24, 2.45) is 0 Å². The molecule has 0 rings (SSSR count). The van der Waals surface area contributed by atoms with Gasteiger partial charge in [0.25, 0.3) is 0 Å². The molecular weight excluding hydrogens is 222 g/mol. The molecule has 0 bridgehead atoms. The van der Waals surface area contributed by atoms with Gasteiger partial charge >= 0.3 is 5.97 Å². The predicted octanol–water partition coefficient (Wildman–Crippen LogP) is 1.74. The number of methoxy groups -OCH3 is 1. The van der Waals surface area contributed by atoms with Gasteiger partial charge in [-0.05, 0) is 22.0 Å². The van der Waals surface area contributed by atoms with E-state index in [2.05, 4.69) is 20.7 Å². The minimum absolute atomic E-state index is 0.708. The molecular formula is C6H7BrF2O2. The fourth-order valence-electron chi connectivity index (χ4n) is 0.323. The Hall–Kier alpha value is -0.450. The largest absolute Gasteiger partial charge is 0.466 e. The molecule has 0 aromatic carbocycles. The zero-order chi connectivity index (χ0) is 8.85. The highest BCUT2D eigenvalue weighted by Crippen LogP contribution is 2.11. The molecule has 2 nitrogen and oxygen atoms in total. The molecule has 2 unspecified atom stereocenters. The van der Waals surface area contributed by atoms with E-state index in [-0.39, 0.29) is 0 Å². The van der Waals surface area contributed by atoms with Gasteiger partial charge in [0.2, 0.25) is 0 Å². The van der Waals surface area contributed by atoms with Crippen LogP contribution in [0.15, 0.2) is 12.2 Å². The molecule has 11 heavy (non-hydrogen) atoms. The second kappa shape index (κ2) is 5.23. The second-order valence-electron chi connectivity index (χ2n) is 1.66. The number of alkyl halides is 3. The van der Waals surface area contributed by atoms with E-state index in [0.29, 0.717) is 0 Å². The predicted molar refractivity (Wildman–Crippen MR) is 39.9 cm³/mol. The molecule has 2 atom stereocenters. The Labute approximate surface area is 71.3 Å². The molecule has 0 heterocycles. The molecule has 0 saturated heterocycles. The molecule has 0 fully saturated rings. The third-order valence-electron chi connectivity index (χ3n) is 0.858. The molecule has 0 aromatic rings. The van der Waals surface area contributed by atoms with Gasteiger partial charge in [0.15, 0.2) is 11.3 Å². The van der Waals surface area contributed by atoms with Gasteiger partial charge in [-0.15, -0.1) is 0 Å². The fourth-order valence-corrected chi connectivity index (χ4v) is 0.499.